The smallest absolute Gasteiger partial charge is 0.306 e. The van der Waals surface area contributed by atoms with Crippen molar-refractivity contribution in [2.45, 2.75) is 58.3 Å². The van der Waals surface area contributed by atoms with E-state index < -0.39 is 0 Å². The highest BCUT2D eigenvalue weighted by Gasteiger charge is 2.46. The molecule has 1 aliphatic carbocycles. The lowest BCUT2D eigenvalue weighted by molar-refractivity contribution is -0.143. The van der Waals surface area contributed by atoms with E-state index in [-0.39, 0.29) is 11.4 Å². The maximum atomic E-state index is 12.1. The molecule has 0 N–H and O–H groups in total. The molecule has 1 heterocycles. The third-order valence-corrected chi connectivity index (χ3v) is 7.90. The first kappa shape index (κ1) is 26.7. The van der Waals surface area contributed by atoms with Crippen molar-refractivity contribution in [2.75, 3.05) is 13.7 Å². The van der Waals surface area contributed by atoms with Gasteiger partial charge in [-0.05, 0) is 79.8 Å². The standard InChI is InChI=1S/C34H37NO4/c1-5-38-32(36)22-34(18-19-34)29-14-12-27(13-15-29)26-8-10-28(11-9-26)33-31(24(3)35-39-33)21-23(2)20-25-6-16-30(37-4)17-7-25/h6-17,23H,5,18-22H2,1-4H3. The normalized spacial score (nSPS) is 14.6. The van der Waals surface area contributed by atoms with Gasteiger partial charge in [0, 0.05) is 16.5 Å². The van der Waals surface area contributed by atoms with E-state index in [2.05, 4.69) is 72.7 Å². The Morgan fingerprint density at radius 2 is 1.54 bits per heavy atom. The quantitative estimate of drug-likeness (QED) is 0.188. The highest BCUT2D eigenvalue weighted by Crippen LogP contribution is 2.51. The maximum Gasteiger partial charge on any atom is 0.306 e. The molecule has 5 nitrogen and oxygen atoms in total. The van der Waals surface area contributed by atoms with Crippen LogP contribution < -0.4 is 4.74 Å². The molecule has 1 atom stereocenters. The molecule has 1 aliphatic rings. The summed E-state index contributed by atoms with van der Waals surface area (Å²) in [6.07, 6.45) is 4.42. The fraction of sp³-hybridized carbons (Fsp3) is 0.353. The largest absolute Gasteiger partial charge is 0.497 e. The molecule has 4 aromatic rings. The molecule has 5 heteroatoms. The Morgan fingerprint density at radius 3 is 2.13 bits per heavy atom. The number of nitrogens with zero attached hydrogens (tertiary/aromatic N) is 1. The van der Waals surface area contributed by atoms with E-state index in [9.17, 15) is 4.79 Å². The molecule has 0 aliphatic heterocycles. The Balaban J connectivity index is 1.27. The minimum Gasteiger partial charge on any atom is -0.497 e. The van der Waals surface area contributed by atoms with Crippen LogP contribution in [0.3, 0.4) is 0 Å². The van der Waals surface area contributed by atoms with Gasteiger partial charge in [-0.15, -0.1) is 0 Å². The molecule has 39 heavy (non-hydrogen) atoms. The van der Waals surface area contributed by atoms with Crippen molar-refractivity contribution in [1.82, 2.24) is 5.16 Å². The lowest BCUT2D eigenvalue weighted by Gasteiger charge is -2.15. The number of hydrogen-bond acceptors (Lipinski definition) is 5. The average Bonchev–Trinajstić information content (AvgIpc) is 3.64. The van der Waals surface area contributed by atoms with Crippen LogP contribution in [0.2, 0.25) is 0 Å². The van der Waals surface area contributed by atoms with E-state index in [1.807, 2.05) is 26.0 Å². The van der Waals surface area contributed by atoms with Crippen molar-refractivity contribution < 1.29 is 18.8 Å². The van der Waals surface area contributed by atoms with E-state index in [4.69, 9.17) is 14.0 Å². The molecule has 1 unspecified atom stereocenters. The monoisotopic (exact) mass is 523 g/mol. The van der Waals surface area contributed by atoms with Crippen LogP contribution in [0, 0.1) is 12.8 Å². The third kappa shape index (κ3) is 6.08. The van der Waals surface area contributed by atoms with Crippen molar-refractivity contribution in [3.8, 4) is 28.2 Å². The maximum absolute atomic E-state index is 12.1. The number of carbonyl (C=O) groups is 1. The summed E-state index contributed by atoms with van der Waals surface area (Å²) in [5, 5.41) is 4.30. The summed E-state index contributed by atoms with van der Waals surface area (Å²) in [5.74, 6) is 2.06. The second-order valence-corrected chi connectivity index (χ2v) is 10.9. The zero-order valence-electron chi connectivity index (χ0n) is 23.3. The molecule has 0 saturated heterocycles. The molecule has 1 fully saturated rings. The first-order valence-corrected chi connectivity index (χ1v) is 13.9. The summed E-state index contributed by atoms with van der Waals surface area (Å²) in [6.45, 7) is 6.58. The zero-order valence-corrected chi connectivity index (χ0v) is 23.3. The predicted octanol–water partition coefficient (Wildman–Crippen LogP) is 7.73. The zero-order chi connectivity index (χ0) is 27.4. The molecule has 5 rings (SSSR count). The van der Waals surface area contributed by atoms with Crippen LogP contribution in [0.5, 0.6) is 5.75 Å². The summed E-state index contributed by atoms with van der Waals surface area (Å²) >= 11 is 0. The number of carbonyl (C=O) groups excluding carboxylic acids is 1. The summed E-state index contributed by atoms with van der Waals surface area (Å²) < 4.78 is 16.3. The van der Waals surface area contributed by atoms with Gasteiger partial charge in [0.15, 0.2) is 5.76 Å². The highest BCUT2D eigenvalue weighted by atomic mass is 16.5. The van der Waals surface area contributed by atoms with Crippen LogP contribution in [0.4, 0.5) is 0 Å². The van der Waals surface area contributed by atoms with Gasteiger partial charge in [-0.3, -0.25) is 4.79 Å². The van der Waals surface area contributed by atoms with Crippen LogP contribution in [0.25, 0.3) is 22.5 Å². The molecule has 0 bridgehead atoms. The second-order valence-electron chi connectivity index (χ2n) is 10.9. The second kappa shape index (κ2) is 11.5. The van der Waals surface area contributed by atoms with Crippen LogP contribution in [-0.4, -0.2) is 24.8 Å². The number of rotatable bonds is 11. The first-order valence-electron chi connectivity index (χ1n) is 13.9. The Bertz CT molecular complexity index is 1400. The molecule has 0 radical (unpaired) electrons. The molecule has 1 aromatic heterocycles. The van der Waals surface area contributed by atoms with Crippen molar-refractivity contribution in [3.63, 3.8) is 0 Å². The Kier molecular flexibility index (Phi) is 7.87. The van der Waals surface area contributed by atoms with Gasteiger partial charge in [-0.25, -0.2) is 0 Å². The van der Waals surface area contributed by atoms with E-state index >= 15 is 0 Å². The lowest BCUT2D eigenvalue weighted by Crippen LogP contribution is -2.15. The minimum atomic E-state index is -0.105. The molecule has 1 saturated carbocycles. The van der Waals surface area contributed by atoms with Gasteiger partial charge in [0.2, 0.25) is 0 Å². The average molecular weight is 524 g/mol. The number of esters is 1. The topological polar surface area (TPSA) is 61.6 Å². The Morgan fingerprint density at radius 1 is 0.923 bits per heavy atom. The summed E-state index contributed by atoms with van der Waals surface area (Å²) in [6, 6.07) is 25.4. The van der Waals surface area contributed by atoms with Crippen LogP contribution in [0.1, 0.15) is 55.5 Å². The van der Waals surface area contributed by atoms with Gasteiger partial charge >= 0.3 is 5.97 Å². The van der Waals surface area contributed by atoms with Gasteiger partial charge in [0.05, 0.1) is 25.8 Å². The van der Waals surface area contributed by atoms with Crippen LogP contribution in [-0.2, 0) is 27.8 Å². The number of aromatic nitrogens is 1. The van der Waals surface area contributed by atoms with Crippen molar-refractivity contribution >= 4 is 5.97 Å². The molecule has 202 valence electrons. The van der Waals surface area contributed by atoms with Gasteiger partial charge in [0.1, 0.15) is 5.75 Å². The van der Waals surface area contributed by atoms with Gasteiger partial charge in [-0.2, -0.15) is 0 Å². The van der Waals surface area contributed by atoms with Gasteiger partial charge in [-0.1, -0.05) is 72.7 Å². The molecular formula is C34H37NO4. The minimum absolute atomic E-state index is 0.0420. The Hall–Kier alpha value is -3.86. The summed E-state index contributed by atoms with van der Waals surface area (Å²) in [5.41, 5.74) is 7.93. The molecule has 0 spiro atoms. The Labute approximate surface area is 231 Å². The fourth-order valence-corrected chi connectivity index (χ4v) is 5.48. The summed E-state index contributed by atoms with van der Waals surface area (Å²) in [4.78, 5) is 12.1. The molecular weight excluding hydrogens is 486 g/mol. The van der Waals surface area contributed by atoms with Gasteiger partial charge in [0.25, 0.3) is 0 Å². The molecule has 3 aromatic carbocycles. The van der Waals surface area contributed by atoms with E-state index in [0.717, 1.165) is 59.6 Å². The fourth-order valence-electron chi connectivity index (χ4n) is 5.48. The lowest BCUT2D eigenvalue weighted by atomic mass is 9.90. The van der Waals surface area contributed by atoms with Gasteiger partial charge < -0.3 is 14.0 Å². The van der Waals surface area contributed by atoms with Crippen LogP contribution >= 0.6 is 0 Å². The van der Waals surface area contributed by atoms with E-state index in [1.165, 1.54) is 16.7 Å². The van der Waals surface area contributed by atoms with Crippen molar-refractivity contribution in [2.24, 2.45) is 5.92 Å². The third-order valence-electron chi connectivity index (χ3n) is 7.90. The number of methoxy groups -OCH3 is 1. The number of hydrogen-bond donors (Lipinski definition) is 0. The van der Waals surface area contributed by atoms with Crippen LogP contribution in [0.15, 0.2) is 77.3 Å². The highest BCUT2D eigenvalue weighted by molar-refractivity contribution is 5.73. The van der Waals surface area contributed by atoms with E-state index in [0.29, 0.717) is 18.9 Å². The van der Waals surface area contributed by atoms with E-state index in [1.54, 1.807) is 7.11 Å². The first-order chi connectivity index (χ1) is 18.9. The predicted molar refractivity (Wildman–Crippen MR) is 154 cm³/mol. The van der Waals surface area contributed by atoms with Crippen molar-refractivity contribution in [3.05, 3.63) is 95.2 Å². The number of ether oxygens (including phenoxy) is 2. The number of benzene rings is 3. The number of aryl methyl sites for hydroxylation is 1. The summed E-state index contributed by atoms with van der Waals surface area (Å²) in [7, 11) is 1.69. The van der Waals surface area contributed by atoms with Crippen molar-refractivity contribution in [1.29, 1.82) is 0 Å². The SMILES string of the molecule is CCOC(=O)CC1(c2ccc(-c3ccc(-c4onc(C)c4CC(C)Cc4ccc(OC)cc4)cc3)cc2)CC1. The molecule has 0 amide bonds.